The fraction of sp³-hybridized carbons (Fsp3) is 0.0526. The second-order valence-electron chi connectivity index (χ2n) is 5.61. The Hall–Kier alpha value is -3.15. The molecule has 1 N–H and O–H groups in total. The van der Waals surface area contributed by atoms with Crippen LogP contribution >= 0.6 is 0 Å². The number of aromatic amines is 1. The molecule has 4 aromatic rings. The first-order chi connectivity index (χ1) is 12.0. The normalized spacial score (nSPS) is 11.8. The average molecular weight is 339 g/mol. The summed E-state index contributed by atoms with van der Waals surface area (Å²) in [6.07, 6.45) is -3.21. The molecule has 0 saturated heterocycles. The Labute approximate surface area is 141 Å². The summed E-state index contributed by atoms with van der Waals surface area (Å²) in [6, 6.07) is 16.8. The molecule has 0 amide bonds. The number of hydrogen-bond donors (Lipinski definition) is 1. The Morgan fingerprint density at radius 3 is 2.28 bits per heavy atom. The van der Waals surface area contributed by atoms with Crippen molar-refractivity contribution >= 4 is 11.0 Å². The average Bonchev–Trinajstić information content (AvgIpc) is 3.05. The van der Waals surface area contributed by atoms with Crippen molar-refractivity contribution in [2.45, 2.75) is 6.18 Å². The van der Waals surface area contributed by atoms with Crippen molar-refractivity contribution in [3.63, 3.8) is 0 Å². The number of H-pyrrole nitrogens is 1. The minimum Gasteiger partial charge on any atom is -0.338 e. The molecule has 0 aliphatic heterocycles. The van der Waals surface area contributed by atoms with Gasteiger partial charge in [0.15, 0.2) is 0 Å². The SMILES string of the molecule is FC(F)(F)c1ccnc(-c2ccc(-c3nc4ccccc4[nH]3)cc2)c1. The summed E-state index contributed by atoms with van der Waals surface area (Å²) in [5.41, 5.74) is 2.84. The molecule has 25 heavy (non-hydrogen) atoms. The van der Waals surface area contributed by atoms with E-state index in [-0.39, 0.29) is 5.69 Å². The van der Waals surface area contributed by atoms with E-state index in [0.29, 0.717) is 11.4 Å². The van der Waals surface area contributed by atoms with Gasteiger partial charge in [-0.1, -0.05) is 36.4 Å². The number of nitrogens with zero attached hydrogens (tertiary/aromatic N) is 2. The number of halogens is 3. The van der Waals surface area contributed by atoms with Gasteiger partial charge < -0.3 is 4.98 Å². The number of alkyl halides is 3. The van der Waals surface area contributed by atoms with Crippen LogP contribution in [0, 0.1) is 0 Å². The minimum absolute atomic E-state index is 0.283. The largest absolute Gasteiger partial charge is 0.416 e. The van der Waals surface area contributed by atoms with Crippen LogP contribution in [0.5, 0.6) is 0 Å². The predicted octanol–water partition coefficient (Wildman–Crippen LogP) is 5.31. The van der Waals surface area contributed by atoms with Crippen molar-refractivity contribution in [1.82, 2.24) is 15.0 Å². The van der Waals surface area contributed by atoms with Crippen molar-refractivity contribution < 1.29 is 13.2 Å². The zero-order chi connectivity index (χ0) is 17.4. The molecule has 6 heteroatoms. The number of aromatic nitrogens is 3. The number of rotatable bonds is 2. The third-order valence-corrected chi connectivity index (χ3v) is 3.93. The zero-order valence-corrected chi connectivity index (χ0v) is 12.9. The van der Waals surface area contributed by atoms with Crippen molar-refractivity contribution in [3.05, 3.63) is 72.4 Å². The van der Waals surface area contributed by atoms with Crippen LogP contribution in [-0.4, -0.2) is 15.0 Å². The molecule has 0 unspecified atom stereocenters. The standard InChI is InChI=1S/C19H12F3N3/c20-19(21,22)14-9-10-23-17(11-14)12-5-7-13(8-6-12)18-24-15-3-1-2-4-16(15)25-18/h1-11H,(H,24,25). The first-order valence-corrected chi connectivity index (χ1v) is 7.59. The quantitative estimate of drug-likeness (QED) is 0.538. The van der Waals surface area contributed by atoms with E-state index in [0.717, 1.165) is 28.7 Å². The summed E-state index contributed by atoms with van der Waals surface area (Å²) in [4.78, 5) is 11.8. The van der Waals surface area contributed by atoms with E-state index in [4.69, 9.17) is 0 Å². The Kier molecular flexibility index (Phi) is 3.53. The third-order valence-electron chi connectivity index (χ3n) is 3.93. The number of nitrogens with one attached hydrogen (secondary N) is 1. The Morgan fingerprint density at radius 2 is 1.56 bits per heavy atom. The lowest BCUT2D eigenvalue weighted by molar-refractivity contribution is -0.137. The first kappa shape index (κ1) is 15.4. The molecule has 0 radical (unpaired) electrons. The fourth-order valence-corrected chi connectivity index (χ4v) is 2.65. The van der Waals surface area contributed by atoms with Gasteiger partial charge in [-0.3, -0.25) is 4.98 Å². The number of fused-ring (bicyclic) bond motifs is 1. The van der Waals surface area contributed by atoms with Crippen molar-refractivity contribution in [3.8, 4) is 22.6 Å². The number of hydrogen-bond acceptors (Lipinski definition) is 2. The number of para-hydroxylation sites is 2. The summed E-state index contributed by atoms with van der Waals surface area (Å²) in [5.74, 6) is 0.713. The van der Waals surface area contributed by atoms with E-state index in [1.807, 2.05) is 36.4 Å². The van der Waals surface area contributed by atoms with E-state index in [1.54, 1.807) is 12.1 Å². The number of pyridine rings is 1. The summed E-state index contributed by atoms with van der Waals surface area (Å²) in [7, 11) is 0. The fourth-order valence-electron chi connectivity index (χ4n) is 2.65. The molecule has 0 atom stereocenters. The highest BCUT2D eigenvalue weighted by molar-refractivity contribution is 5.79. The molecule has 0 spiro atoms. The number of benzene rings is 2. The molecule has 0 fully saturated rings. The molecule has 2 aromatic heterocycles. The van der Waals surface area contributed by atoms with Crippen LogP contribution in [-0.2, 0) is 6.18 Å². The maximum atomic E-state index is 12.8. The van der Waals surface area contributed by atoms with Crippen LogP contribution in [0.15, 0.2) is 66.9 Å². The maximum absolute atomic E-state index is 12.8. The van der Waals surface area contributed by atoms with E-state index >= 15 is 0 Å². The topological polar surface area (TPSA) is 41.6 Å². The highest BCUT2D eigenvalue weighted by atomic mass is 19.4. The second-order valence-corrected chi connectivity index (χ2v) is 5.61. The Bertz CT molecular complexity index is 1000. The van der Waals surface area contributed by atoms with E-state index in [2.05, 4.69) is 15.0 Å². The van der Waals surface area contributed by atoms with Gasteiger partial charge in [0.25, 0.3) is 0 Å². The van der Waals surface area contributed by atoms with Gasteiger partial charge in [0.05, 0.1) is 22.3 Å². The number of imidazole rings is 1. The van der Waals surface area contributed by atoms with Gasteiger partial charge in [-0.25, -0.2) is 4.98 Å². The maximum Gasteiger partial charge on any atom is 0.416 e. The summed E-state index contributed by atoms with van der Waals surface area (Å²) < 4.78 is 38.5. The molecule has 3 nitrogen and oxygen atoms in total. The molecule has 0 saturated carbocycles. The summed E-state index contributed by atoms with van der Waals surface area (Å²) in [6.45, 7) is 0. The molecule has 124 valence electrons. The van der Waals surface area contributed by atoms with Gasteiger partial charge in [-0.05, 0) is 24.3 Å². The van der Waals surface area contributed by atoms with E-state index in [1.165, 1.54) is 6.20 Å². The molecule has 2 heterocycles. The molecule has 0 aliphatic rings. The lowest BCUT2D eigenvalue weighted by atomic mass is 10.1. The molecular formula is C19H12F3N3. The molecule has 0 bridgehead atoms. The van der Waals surface area contributed by atoms with Gasteiger partial charge in [0, 0.05) is 17.3 Å². The van der Waals surface area contributed by atoms with Crippen LogP contribution in [0.3, 0.4) is 0 Å². The summed E-state index contributed by atoms with van der Waals surface area (Å²) >= 11 is 0. The van der Waals surface area contributed by atoms with E-state index in [9.17, 15) is 13.2 Å². The van der Waals surface area contributed by atoms with Gasteiger partial charge in [0.1, 0.15) is 5.82 Å². The van der Waals surface area contributed by atoms with Gasteiger partial charge in [-0.15, -0.1) is 0 Å². The van der Waals surface area contributed by atoms with Crippen LogP contribution in [0.4, 0.5) is 13.2 Å². The molecule has 4 rings (SSSR count). The lowest BCUT2D eigenvalue weighted by Gasteiger charge is -2.08. The Morgan fingerprint density at radius 1 is 0.840 bits per heavy atom. The lowest BCUT2D eigenvalue weighted by Crippen LogP contribution is -2.05. The molecule has 0 aliphatic carbocycles. The molecular weight excluding hydrogens is 327 g/mol. The minimum atomic E-state index is -4.38. The van der Waals surface area contributed by atoms with Gasteiger partial charge >= 0.3 is 6.18 Å². The van der Waals surface area contributed by atoms with Gasteiger partial charge in [0.2, 0.25) is 0 Å². The monoisotopic (exact) mass is 339 g/mol. The predicted molar refractivity (Wildman–Crippen MR) is 89.8 cm³/mol. The zero-order valence-electron chi connectivity index (χ0n) is 12.9. The highest BCUT2D eigenvalue weighted by Gasteiger charge is 2.30. The van der Waals surface area contributed by atoms with Crippen molar-refractivity contribution in [1.29, 1.82) is 0 Å². The van der Waals surface area contributed by atoms with Crippen LogP contribution in [0.25, 0.3) is 33.7 Å². The highest BCUT2D eigenvalue weighted by Crippen LogP contribution is 2.31. The second kappa shape index (κ2) is 5.73. The summed E-state index contributed by atoms with van der Waals surface area (Å²) in [5, 5.41) is 0. The third kappa shape index (κ3) is 2.98. The van der Waals surface area contributed by atoms with Crippen LogP contribution in [0.1, 0.15) is 5.56 Å². The van der Waals surface area contributed by atoms with Crippen LogP contribution in [0.2, 0.25) is 0 Å². The smallest absolute Gasteiger partial charge is 0.338 e. The van der Waals surface area contributed by atoms with Crippen molar-refractivity contribution in [2.75, 3.05) is 0 Å². The Balaban J connectivity index is 1.68. The van der Waals surface area contributed by atoms with Crippen molar-refractivity contribution in [2.24, 2.45) is 0 Å². The first-order valence-electron chi connectivity index (χ1n) is 7.59. The van der Waals surface area contributed by atoms with Gasteiger partial charge in [-0.2, -0.15) is 13.2 Å². The van der Waals surface area contributed by atoms with Crippen LogP contribution < -0.4 is 0 Å². The van der Waals surface area contributed by atoms with E-state index < -0.39 is 11.7 Å². The molecule has 2 aromatic carbocycles.